The summed E-state index contributed by atoms with van der Waals surface area (Å²) in [6, 6.07) is 85.6. The van der Waals surface area contributed by atoms with Crippen molar-refractivity contribution in [3.8, 4) is 16.8 Å². The molecule has 1 aliphatic carbocycles. The van der Waals surface area contributed by atoms with E-state index in [0.717, 1.165) is 22.7 Å². The third kappa shape index (κ3) is 5.09. The number of thiophene rings is 1. The predicted molar refractivity (Wildman–Crippen MR) is 263 cm³/mol. The van der Waals surface area contributed by atoms with Gasteiger partial charge in [-0.3, -0.25) is 0 Å². The molecule has 0 amide bonds. The lowest BCUT2D eigenvalue weighted by Crippen LogP contribution is -2.28. The van der Waals surface area contributed by atoms with Crippen LogP contribution in [0.3, 0.4) is 0 Å². The Morgan fingerprint density at radius 3 is 1.65 bits per heavy atom. The number of anilines is 3. The van der Waals surface area contributed by atoms with Gasteiger partial charge in [0.05, 0.1) is 16.4 Å². The first-order valence-corrected chi connectivity index (χ1v) is 22.1. The van der Waals surface area contributed by atoms with E-state index in [-0.39, 0.29) is 0 Å². The van der Waals surface area contributed by atoms with E-state index < -0.39 is 5.41 Å². The number of nitrogens with zero attached hydrogens (tertiary/aromatic N) is 2. The lowest BCUT2D eigenvalue weighted by atomic mass is 9.67. The van der Waals surface area contributed by atoms with Crippen LogP contribution in [-0.2, 0) is 5.41 Å². The van der Waals surface area contributed by atoms with Gasteiger partial charge in [-0.05, 0) is 117 Å². The molecule has 0 bridgehead atoms. The van der Waals surface area contributed by atoms with Crippen LogP contribution in [0.25, 0.3) is 69.6 Å². The lowest BCUT2D eigenvalue weighted by molar-refractivity contribution is 0.769. The lowest BCUT2D eigenvalue weighted by Gasteiger charge is -2.35. The maximum absolute atomic E-state index is 2.49. The Morgan fingerprint density at radius 1 is 0.355 bits per heavy atom. The van der Waals surface area contributed by atoms with E-state index in [9.17, 15) is 0 Å². The molecule has 0 atom stereocenters. The van der Waals surface area contributed by atoms with Crippen LogP contribution in [0.2, 0.25) is 0 Å². The number of hydrogen-bond acceptors (Lipinski definition) is 2. The molecule has 0 spiro atoms. The fourth-order valence-corrected chi connectivity index (χ4v) is 11.7. The Labute approximate surface area is 363 Å². The first kappa shape index (κ1) is 35.1. The van der Waals surface area contributed by atoms with E-state index in [1.807, 2.05) is 11.3 Å². The third-order valence-electron chi connectivity index (χ3n) is 13.2. The average molecular weight is 807 g/mol. The number of fused-ring (bicyclic) bond motifs is 10. The number of benzene rings is 10. The summed E-state index contributed by atoms with van der Waals surface area (Å²) in [5.74, 6) is 0. The molecule has 62 heavy (non-hydrogen) atoms. The van der Waals surface area contributed by atoms with E-state index >= 15 is 0 Å². The highest BCUT2D eigenvalue weighted by atomic mass is 32.1. The van der Waals surface area contributed by atoms with Gasteiger partial charge < -0.3 is 9.47 Å². The molecule has 0 unspecified atom stereocenters. The third-order valence-corrected chi connectivity index (χ3v) is 14.3. The summed E-state index contributed by atoms with van der Waals surface area (Å²) in [5.41, 5.74) is 13.9. The highest BCUT2D eigenvalue weighted by Crippen LogP contribution is 2.58. The summed E-state index contributed by atoms with van der Waals surface area (Å²) < 4.78 is 5.00. The van der Waals surface area contributed by atoms with Crippen LogP contribution in [0.15, 0.2) is 231 Å². The van der Waals surface area contributed by atoms with Gasteiger partial charge in [-0.25, -0.2) is 0 Å². The molecular weight excluding hydrogens is 769 g/mol. The topological polar surface area (TPSA) is 8.17 Å². The summed E-state index contributed by atoms with van der Waals surface area (Å²) in [6.07, 6.45) is 0. The van der Waals surface area contributed by atoms with Crippen LogP contribution in [0.1, 0.15) is 22.3 Å². The SMILES string of the molecule is c1ccc(-n2c3ccccc3c3ccc(N(c4ccc5c(c4)C(c4ccccc4)(c4ccccc4)c4cc6ccccc6cc4-5)c4ccc5c(c4)sc4ccccc45)cc32)cc1. The second kappa shape index (κ2) is 13.7. The van der Waals surface area contributed by atoms with Crippen molar-refractivity contribution in [3.05, 3.63) is 253 Å². The molecule has 3 heteroatoms. The van der Waals surface area contributed by atoms with E-state index in [1.54, 1.807) is 0 Å². The quantitative estimate of drug-likeness (QED) is 0.162. The Morgan fingerprint density at radius 2 is 0.887 bits per heavy atom. The van der Waals surface area contributed by atoms with Crippen molar-refractivity contribution < 1.29 is 0 Å². The minimum absolute atomic E-state index is 0.558. The molecule has 13 rings (SSSR count). The molecule has 0 saturated heterocycles. The summed E-state index contributed by atoms with van der Waals surface area (Å²) in [5, 5.41) is 7.57. The first-order chi connectivity index (χ1) is 30.7. The smallest absolute Gasteiger partial charge is 0.0714 e. The van der Waals surface area contributed by atoms with Crippen molar-refractivity contribution >= 4 is 81.1 Å². The fourth-order valence-electron chi connectivity index (χ4n) is 10.6. The maximum atomic E-state index is 2.49. The van der Waals surface area contributed by atoms with E-state index in [2.05, 4.69) is 240 Å². The Hall–Kier alpha value is -7.72. The van der Waals surface area contributed by atoms with Crippen LogP contribution in [0.5, 0.6) is 0 Å². The van der Waals surface area contributed by atoms with Crippen molar-refractivity contribution in [2.24, 2.45) is 0 Å². The van der Waals surface area contributed by atoms with Crippen molar-refractivity contribution in [2.45, 2.75) is 5.41 Å². The summed E-state index contributed by atoms with van der Waals surface area (Å²) in [4.78, 5) is 2.48. The van der Waals surface area contributed by atoms with Gasteiger partial charge in [0.25, 0.3) is 0 Å². The van der Waals surface area contributed by atoms with Crippen LogP contribution < -0.4 is 4.90 Å². The zero-order valence-corrected chi connectivity index (χ0v) is 34.6. The largest absolute Gasteiger partial charge is 0.310 e. The highest BCUT2D eigenvalue weighted by molar-refractivity contribution is 7.25. The van der Waals surface area contributed by atoms with Crippen LogP contribution in [0.4, 0.5) is 17.1 Å². The summed E-state index contributed by atoms with van der Waals surface area (Å²) in [7, 11) is 0. The van der Waals surface area contributed by atoms with E-state index in [0.29, 0.717) is 0 Å². The Kier molecular flexibility index (Phi) is 7.72. The molecule has 1 aliphatic rings. The van der Waals surface area contributed by atoms with Gasteiger partial charge in [-0.15, -0.1) is 11.3 Å². The van der Waals surface area contributed by atoms with Gasteiger partial charge >= 0.3 is 0 Å². The van der Waals surface area contributed by atoms with Gasteiger partial charge in [0.1, 0.15) is 0 Å². The normalized spacial score (nSPS) is 13.0. The zero-order chi connectivity index (χ0) is 40.8. The second-order valence-electron chi connectivity index (χ2n) is 16.5. The molecule has 0 N–H and O–H groups in total. The molecule has 12 aromatic rings. The molecule has 10 aromatic carbocycles. The molecule has 0 aliphatic heterocycles. The number of para-hydroxylation sites is 2. The molecule has 2 heterocycles. The van der Waals surface area contributed by atoms with Gasteiger partial charge in [0.15, 0.2) is 0 Å². The van der Waals surface area contributed by atoms with Crippen LogP contribution in [-0.4, -0.2) is 4.57 Å². The maximum Gasteiger partial charge on any atom is 0.0714 e. The predicted octanol–water partition coefficient (Wildman–Crippen LogP) is 16.1. The summed E-state index contributed by atoms with van der Waals surface area (Å²) >= 11 is 1.87. The molecule has 290 valence electrons. The minimum atomic E-state index is -0.558. The number of rotatable bonds is 6. The van der Waals surface area contributed by atoms with Gasteiger partial charge in [0.2, 0.25) is 0 Å². The van der Waals surface area contributed by atoms with E-state index in [1.165, 1.54) is 86.1 Å². The molecule has 0 fully saturated rings. The van der Waals surface area contributed by atoms with Crippen LogP contribution in [0, 0.1) is 0 Å². The average Bonchev–Trinajstić information content (AvgIpc) is 3.97. The van der Waals surface area contributed by atoms with Gasteiger partial charge in [-0.1, -0.05) is 158 Å². The highest BCUT2D eigenvalue weighted by Gasteiger charge is 2.46. The first-order valence-electron chi connectivity index (χ1n) is 21.3. The van der Waals surface area contributed by atoms with Gasteiger partial charge in [0, 0.05) is 53.7 Å². The van der Waals surface area contributed by atoms with E-state index in [4.69, 9.17) is 0 Å². The zero-order valence-electron chi connectivity index (χ0n) is 33.7. The fraction of sp³-hybridized carbons (Fsp3) is 0.0169. The molecule has 2 nitrogen and oxygen atoms in total. The molecular formula is C59H38N2S. The Balaban J connectivity index is 1.11. The van der Waals surface area contributed by atoms with Crippen LogP contribution >= 0.6 is 11.3 Å². The molecule has 0 radical (unpaired) electrons. The Bertz CT molecular complexity index is 3660. The molecule has 2 aromatic heterocycles. The summed E-state index contributed by atoms with van der Waals surface area (Å²) in [6.45, 7) is 0. The molecule has 0 saturated carbocycles. The standard InChI is InChI=1S/C59H38N2S/c1-4-18-41(19-5-1)59(42-20-6-2-7-21-42)53-35-40-17-11-10-16-39(40)34-52(53)47-31-28-44(36-54(47)59)60(46-30-33-51-50-25-13-15-27-57(50)62-58(51)38-46)45-29-32-49-48-24-12-14-26-55(48)61(56(49)37-45)43-22-8-3-9-23-43/h1-38H. The van der Waals surface area contributed by atoms with Gasteiger partial charge in [-0.2, -0.15) is 0 Å². The van der Waals surface area contributed by atoms with Crippen molar-refractivity contribution in [2.75, 3.05) is 4.90 Å². The number of aromatic nitrogens is 1. The second-order valence-corrected chi connectivity index (χ2v) is 17.5. The monoisotopic (exact) mass is 806 g/mol. The van der Waals surface area contributed by atoms with Crippen molar-refractivity contribution in [1.29, 1.82) is 0 Å². The van der Waals surface area contributed by atoms with Crippen molar-refractivity contribution in [3.63, 3.8) is 0 Å². The minimum Gasteiger partial charge on any atom is -0.310 e. The van der Waals surface area contributed by atoms with Crippen molar-refractivity contribution in [1.82, 2.24) is 4.57 Å². The number of hydrogen-bond donors (Lipinski definition) is 0.